The minimum Gasteiger partial charge on any atom is -0.481 e. The molecule has 1 atom stereocenters. The highest BCUT2D eigenvalue weighted by Gasteiger charge is 2.33. The van der Waals surface area contributed by atoms with Crippen LogP contribution in [0.25, 0.3) is 0 Å². The lowest BCUT2D eigenvalue weighted by atomic mass is 10.2. The molecule has 7 heteroatoms. The topological polar surface area (TPSA) is 98.7 Å². The summed E-state index contributed by atoms with van der Waals surface area (Å²) in [4.78, 5) is 35.1. The van der Waals surface area contributed by atoms with E-state index in [0.29, 0.717) is 25.9 Å². The number of carboxylic acids is 1. The quantitative estimate of drug-likeness (QED) is 0.592. The SMILES string of the molecule is CNC(=O)C1CCCN1C(=O)NCCCC(=O)O. The number of nitrogens with one attached hydrogen (secondary N) is 2. The predicted molar refractivity (Wildman–Crippen MR) is 64.1 cm³/mol. The number of rotatable bonds is 5. The Hall–Kier alpha value is -1.79. The van der Waals surface area contributed by atoms with Crippen LogP contribution in [0.1, 0.15) is 25.7 Å². The molecule has 1 aliphatic rings. The van der Waals surface area contributed by atoms with Gasteiger partial charge in [-0.05, 0) is 19.3 Å². The minimum atomic E-state index is -0.881. The number of likely N-dealkylation sites (tertiary alicyclic amines) is 1. The number of hydrogen-bond donors (Lipinski definition) is 3. The lowest BCUT2D eigenvalue weighted by molar-refractivity contribution is -0.137. The standard InChI is InChI=1S/C11H19N3O4/c1-12-10(17)8-4-3-7-14(8)11(18)13-6-2-5-9(15)16/h8H,2-7H2,1H3,(H,12,17)(H,13,18)(H,15,16). The fraction of sp³-hybridized carbons (Fsp3) is 0.727. The first-order valence-corrected chi connectivity index (χ1v) is 6.04. The molecule has 3 N–H and O–H groups in total. The number of likely N-dealkylation sites (N-methyl/N-ethyl adjacent to an activating group) is 1. The summed E-state index contributed by atoms with van der Waals surface area (Å²) in [6.45, 7) is 0.866. The molecule has 102 valence electrons. The van der Waals surface area contributed by atoms with E-state index in [2.05, 4.69) is 10.6 Å². The maximum absolute atomic E-state index is 11.8. The zero-order chi connectivity index (χ0) is 13.5. The Morgan fingerprint density at radius 3 is 2.72 bits per heavy atom. The van der Waals surface area contributed by atoms with E-state index in [0.717, 1.165) is 6.42 Å². The van der Waals surface area contributed by atoms with E-state index in [1.165, 1.54) is 4.90 Å². The van der Waals surface area contributed by atoms with Gasteiger partial charge in [-0.15, -0.1) is 0 Å². The van der Waals surface area contributed by atoms with Gasteiger partial charge in [0.2, 0.25) is 5.91 Å². The third-order valence-electron chi connectivity index (χ3n) is 2.91. The fourth-order valence-electron chi connectivity index (χ4n) is 1.99. The van der Waals surface area contributed by atoms with Crippen LogP contribution in [0.2, 0.25) is 0 Å². The summed E-state index contributed by atoms with van der Waals surface area (Å²) in [6, 6.07) is -0.707. The van der Waals surface area contributed by atoms with E-state index in [4.69, 9.17) is 5.11 Å². The zero-order valence-corrected chi connectivity index (χ0v) is 10.4. The fourth-order valence-corrected chi connectivity index (χ4v) is 1.99. The summed E-state index contributed by atoms with van der Waals surface area (Å²) in [5, 5.41) is 13.6. The van der Waals surface area contributed by atoms with Crippen LogP contribution >= 0.6 is 0 Å². The number of hydrogen-bond acceptors (Lipinski definition) is 3. The van der Waals surface area contributed by atoms with E-state index in [9.17, 15) is 14.4 Å². The smallest absolute Gasteiger partial charge is 0.318 e. The maximum Gasteiger partial charge on any atom is 0.318 e. The zero-order valence-electron chi connectivity index (χ0n) is 10.4. The molecule has 1 saturated heterocycles. The number of carbonyl (C=O) groups excluding carboxylic acids is 2. The number of urea groups is 1. The van der Waals surface area contributed by atoms with Crippen molar-refractivity contribution in [2.24, 2.45) is 0 Å². The first kappa shape index (κ1) is 14.3. The highest BCUT2D eigenvalue weighted by Crippen LogP contribution is 2.17. The van der Waals surface area contributed by atoms with Crippen LogP contribution in [0.15, 0.2) is 0 Å². The van der Waals surface area contributed by atoms with Gasteiger partial charge in [-0.1, -0.05) is 0 Å². The van der Waals surface area contributed by atoms with Crippen molar-refractivity contribution in [1.29, 1.82) is 0 Å². The van der Waals surface area contributed by atoms with Crippen LogP contribution in [0, 0.1) is 0 Å². The molecule has 0 aromatic carbocycles. The van der Waals surface area contributed by atoms with E-state index < -0.39 is 12.0 Å². The van der Waals surface area contributed by atoms with Crippen LogP contribution in [0.4, 0.5) is 4.79 Å². The molecular formula is C11H19N3O4. The molecule has 0 bridgehead atoms. The Bertz CT molecular complexity index is 332. The highest BCUT2D eigenvalue weighted by atomic mass is 16.4. The highest BCUT2D eigenvalue weighted by molar-refractivity contribution is 5.87. The van der Waals surface area contributed by atoms with Gasteiger partial charge >= 0.3 is 12.0 Å². The second-order valence-electron chi connectivity index (χ2n) is 4.19. The molecule has 1 rings (SSSR count). The number of carbonyl (C=O) groups is 3. The van der Waals surface area contributed by atoms with Gasteiger partial charge in [-0.25, -0.2) is 4.79 Å². The van der Waals surface area contributed by atoms with Gasteiger partial charge in [0.05, 0.1) is 0 Å². The Morgan fingerprint density at radius 2 is 2.11 bits per heavy atom. The molecule has 7 nitrogen and oxygen atoms in total. The normalized spacial score (nSPS) is 18.5. The monoisotopic (exact) mass is 257 g/mol. The van der Waals surface area contributed by atoms with Crippen molar-refractivity contribution >= 4 is 17.9 Å². The van der Waals surface area contributed by atoms with Gasteiger partial charge in [0.15, 0.2) is 0 Å². The summed E-state index contributed by atoms with van der Waals surface area (Å²) in [7, 11) is 1.55. The van der Waals surface area contributed by atoms with Gasteiger partial charge in [0, 0.05) is 26.6 Å². The average Bonchev–Trinajstić information content (AvgIpc) is 2.82. The van der Waals surface area contributed by atoms with Crippen molar-refractivity contribution in [2.45, 2.75) is 31.7 Å². The third-order valence-corrected chi connectivity index (χ3v) is 2.91. The van der Waals surface area contributed by atoms with Gasteiger partial charge in [0.1, 0.15) is 6.04 Å². The molecule has 0 spiro atoms. The maximum atomic E-state index is 11.8. The van der Waals surface area contributed by atoms with Crippen LogP contribution in [0.5, 0.6) is 0 Å². The van der Waals surface area contributed by atoms with Crippen LogP contribution in [-0.2, 0) is 9.59 Å². The van der Waals surface area contributed by atoms with Crippen LogP contribution in [-0.4, -0.2) is 54.1 Å². The number of carboxylic acid groups (broad SMARTS) is 1. The molecule has 0 saturated carbocycles. The summed E-state index contributed by atoms with van der Waals surface area (Å²) in [6.07, 6.45) is 1.89. The van der Waals surface area contributed by atoms with Crippen LogP contribution in [0.3, 0.4) is 0 Å². The third kappa shape index (κ3) is 3.90. The van der Waals surface area contributed by atoms with Gasteiger partial charge < -0.3 is 20.6 Å². The predicted octanol–water partition coefficient (Wildman–Crippen LogP) is -0.229. The molecule has 0 aromatic rings. The van der Waals surface area contributed by atoms with Gasteiger partial charge in [-0.3, -0.25) is 9.59 Å². The Kier molecular flexibility index (Phi) is 5.41. The first-order valence-electron chi connectivity index (χ1n) is 6.04. The molecule has 1 heterocycles. The van der Waals surface area contributed by atoms with Crippen molar-refractivity contribution in [3.8, 4) is 0 Å². The lowest BCUT2D eigenvalue weighted by Gasteiger charge is -2.23. The Labute approximate surface area is 106 Å². The molecule has 1 unspecified atom stereocenters. The Morgan fingerprint density at radius 1 is 1.39 bits per heavy atom. The summed E-state index contributed by atoms with van der Waals surface area (Å²) >= 11 is 0. The van der Waals surface area contributed by atoms with E-state index in [1.54, 1.807) is 7.05 Å². The summed E-state index contributed by atoms with van der Waals surface area (Å²) in [5.41, 5.74) is 0. The van der Waals surface area contributed by atoms with Crippen molar-refractivity contribution in [1.82, 2.24) is 15.5 Å². The molecule has 0 aromatic heterocycles. The van der Waals surface area contributed by atoms with E-state index in [1.807, 2.05) is 0 Å². The molecule has 0 radical (unpaired) electrons. The Balaban J connectivity index is 2.36. The van der Waals surface area contributed by atoms with Gasteiger partial charge in [0.25, 0.3) is 0 Å². The molecule has 1 fully saturated rings. The van der Waals surface area contributed by atoms with Crippen LogP contribution < -0.4 is 10.6 Å². The van der Waals surface area contributed by atoms with Gasteiger partial charge in [-0.2, -0.15) is 0 Å². The molecule has 3 amide bonds. The summed E-state index contributed by atoms with van der Waals surface area (Å²) in [5.74, 6) is -1.04. The summed E-state index contributed by atoms with van der Waals surface area (Å²) < 4.78 is 0. The minimum absolute atomic E-state index is 0.0269. The van der Waals surface area contributed by atoms with E-state index in [-0.39, 0.29) is 18.4 Å². The molecule has 18 heavy (non-hydrogen) atoms. The second-order valence-corrected chi connectivity index (χ2v) is 4.19. The second kappa shape index (κ2) is 6.83. The number of aliphatic carboxylic acids is 1. The average molecular weight is 257 g/mol. The van der Waals surface area contributed by atoms with Crippen molar-refractivity contribution in [3.05, 3.63) is 0 Å². The molecular weight excluding hydrogens is 238 g/mol. The van der Waals surface area contributed by atoms with E-state index >= 15 is 0 Å². The first-order chi connectivity index (χ1) is 8.56. The molecule has 1 aliphatic heterocycles. The lowest BCUT2D eigenvalue weighted by Crippen LogP contribution is -2.49. The molecule has 0 aliphatic carbocycles. The number of nitrogens with zero attached hydrogens (tertiary/aromatic N) is 1. The van der Waals surface area contributed by atoms with Crippen molar-refractivity contribution < 1.29 is 19.5 Å². The van der Waals surface area contributed by atoms with Crippen molar-refractivity contribution in [3.63, 3.8) is 0 Å². The number of amides is 3. The van der Waals surface area contributed by atoms with Crippen molar-refractivity contribution in [2.75, 3.05) is 20.1 Å². The largest absolute Gasteiger partial charge is 0.481 e.